The van der Waals surface area contributed by atoms with Gasteiger partial charge in [0, 0.05) is 23.0 Å². The minimum absolute atomic E-state index is 0.164. The Labute approximate surface area is 187 Å². The summed E-state index contributed by atoms with van der Waals surface area (Å²) in [6, 6.07) is 16.1. The molecule has 32 heavy (non-hydrogen) atoms. The molecule has 0 N–H and O–H groups in total. The molecule has 162 valence electrons. The number of carbonyl (C=O) groups is 3. The van der Waals surface area contributed by atoms with Crippen molar-refractivity contribution in [3.05, 3.63) is 81.9 Å². The molecule has 2 bridgehead atoms. The van der Waals surface area contributed by atoms with Crippen LogP contribution in [0.5, 0.6) is 0 Å². The Morgan fingerprint density at radius 1 is 0.781 bits per heavy atom. The highest BCUT2D eigenvalue weighted by Crippen LogP contribution is 2.68. The maximum atomic E-state index is 13.5. The van der Waals surface area contributed by atoms with Gasteiger partial charge in [0.05, 0.1) is 5.92 Å². The molecule has 0 saturated heterocycles. The summed E-state index contributed by atoms with van der Waals surface area (Å²) < 4.78 is 5.53. The number of amides is 2. The molecule has 2 aromatic carbocycles. The molecule has 0 spiro atoms. The van der Waals surface area contributed by atoms with Gasteiger partial charge >= 0.3 is 5.97 Å². The first kappa shape index (κ1) is 19.5. The molecule has 1 saturated carbocycles. The van der Waals surface area contributed by atoms with E-state index < -0.39 is 0 Å². The average molecular weight is 428 g/mol. The molecule has 0 unspecified atom stereocenters. The van der Waals surface area contributed by atoms with Crippen LogP contribution in [0.25, 0.3) is 0 Å². The second kappa shape index (κ2) is 5.97. The summed E-state index contributed by atoms with van der Waals surface area (Å²) in [6.07, 6.45) is 0. The van der Waals surface area contributed by atoms with E-state index in [1.165, 1.54) is 0 Å². The Kier molecular flexibility index (Phi) is 3.63. The monoisotopic (exact) mass is 427 g/mol. The molecule has 2 aromatic rings. The fourth-order valence-corrected chi connectivity index (χ4v) is 6.32. The van der Waals surface area contributed by atoms with Crippen molar-refractivity contribution in [3.63, 3.8) is 0 Å². The van der Waals surface area contributed by atoms with Gasteiger partial charge in [0.25, 0.3) is 11.8 Å². The van der Waals surface area contributed by atoms with Crippen molar-refractivity contribution < 1.29 is 19.1 Å². The summed E-state index contributed by atoms with van der Waals surface area (Å²) in [5.41, 5.74) is 5.08. The molecule has 5 heteroatoms. The molecule has 0 radical (unpaired) electrons. The lowest BCUT2D eigenvalue weighted by atomic mass is 9.61. The van der Waals surface area contributed by atoms with Crippen molar-refractivity contribution in [3.8, 4) is 0 Å². The van der Waals surface area contributed by atoms with Crippen LogP contribution >= 0.6 is 0 Å². The molecule has 7 rings (SSSR count). The summed E-state index contributed by atoms with van der Waals surface area (Å²) in [5.74, 6) is -1.80. The fraction of sp³-hybridized carbons (Fsp3) is 0.370. The zero-order valence-electron chi connectivity index (χ0n) is 18.6. The summed E-state index contributed by atoms with van der Waals surface area (Å²) >= 11 is 0. The number of hydrogen-bond acceptors (Lipinski definition) is 4. The molecular formula is C27H25NO4. The van der Waals surface area contributed by atoms with Gasteiger partial charge in [-0.2, -0.15) is 0 Å². The quantitative estimate of drug-likeness (QED) is 0.546. The van der Waals surface area contributed by atoms with Gasteiger partial charge in [-0.3, -0.25) is 14.4 Å². The summed E-state index contributed by atoms with van der Waals surface area (Å²) in [5, 5.41) is 0. The van der Waals surface area contributed by atoms with Gasteiger partial charge in [-0.15, -0.1) is 0 Å². The Morgan fingerprint density at radius 3 is 1.50 bits per heavy atom. The number of ether oxygens (including phenoxy) is 1. The van der Waals surface area contributed by atoms with Crippen molar-refractivity contribution in [2.45, 2.75) is 39.5 Å². The molecule has 1 heterocycles. The Morgan fingerprint density at radius 2 is 1.16 bits per heavy atom. The maximum Gasteiger partial charge on any atom is 0.311 e. The lowest BCUT2D eigenvalue weighted by Crippen LogP contribution is -2.35. The van der Waals surface area contributed by atoms with Gasteiger partial charge in [-0.05, 0) is 33.1 Å². The van der Waals surface area contributed by atoms with Crippen molar-refractivity contribution >= 4 is 17.8 Å². The predicted octanol–water partition coefficient (Wildman–Crippen LogP) is 4.13. The molecule has 2 amide bonds. The number of nitrogens with zero attached hydrogens (tertiary/aromatic N) is 1. The van der Waals surface area contributed by atoms with Crippen LogP contribution in [-0.2, 0) is 19.1 Å². The Bertz CT molecular complexity index is 1130. The molecular weight excluding hydrogens is 402 g/mol. The lowest BCUT2D eigenvalue weighted by molar-refractivity contribution is -0.157. The standard InChI is InChI=1S/C27H25NO4/c1-26(2)22(27(26,3)4)25(31)32-13-28-23(29)20-18-14-9-5-6-10-15(14)19(21(20)24(28)30)17-12-8-7-11-16(17)18/h5-12,18-19,22H,13H2,1-4H3. The van der Waals surface area contributed by atoms with Gasteiger partial charge in [-0.25, -0.2) is 4.90 Å². The van der Waals surface area contributed by atoms with Gasteiger partial charge in [0.2, 0.25) is 0 Å². The Hall–Kier alpha value is -3.21. The average Bonchev–Trinajstić information content (AvgIpc) is 3.05. The van der Waals surface area contributed by atoms with Gasteiger partial charge in [0.15, 0.2) is 6.73 Å². The van der Waals surface area contributed by atoms with Crippen LogP contribution in [0.3, 0.4) is 0 Å². The predicted molar refractivity (Wildman–Crippen MR) is 117 cm³/mol. The number of carbonyl (C=O) groups excluding carboxylic acids is 3. The molecule has 0 atom stereocenters. The third kappa shape index (κ3) is 2.16. The zero-order chi connectivity index (χ0) is 22.6. The minimum Gasteiger partial charge on any atom is -0.443 e. The van der Waals surface area contributed by atoms with Crippen LogP contribution < -0.4 is 0 Å². The van der Waals surface area contributed by atoms with Gasteiger partial charge in [-0.1, -0.05) is 76.2 Å². The smallest absolute Gasteiger partial charge is 0.311 e. The highest BCUT2D eigenvalue weighted by molar-refractivity contribution is 6.22. The SMILES string of the molecule is CC1(C)C(C(=O)OCN2C(=O)C3=C(C2=O)C2c4ccccc4C3c3ccccc32)C1(C)C. The second-order valence-electron chi connectivity index (χ2n) is 10.5. The summed E-state index contributed by atoms with van der Waals surface area (Å²) in [7, 11) is 0. The van der Waals surface area contributed by atoms with Gasteiger partial charge in [0.1, 0.15) is 0 Å². The maximum absolute atomic E-state index is 13.5. The first-order chi connectivity index (χ1) is 15.2. The lowest BCUT2D eigenvalue weighted by Gasteiger charge is -2.39. The van der Waals surface area contributed by atoms with Crippen molar-refractivity contribution in [2.75, 3.05) is 6.73 Å². The first-order valence-corrected chi connectivity index (χ1v) is 11.1. The molecule has 1 aliphatic heterocycles. The highest BCUT2D eigenvalue weighted by atomic mass is 16.5. The molecule has 1 fully saturated rings. The summed E-state index contributed by atoms with van der Waals surface area (Å²) in [6.45, 7) is 7.82. The highest BCUT2D eigenvalue weighted by Gasteiger charge is 2.69. The molecule has 5 nitrogen and oxygen atoms in total. The zero-order valence-corrected chi connectivity index (χ0v) is 18.6. The third-order valence-corrected chi connectivity index (χ3v) is 8.65. The van der Waals surface area contributed by atoms with Gasteiger partial charge < -0.3 is 4.74 Å². The molecule has 0 aromatic heterocycles. The van der Waals surface area contributed by atoms with E-state index >= 15 is 0 Å². The van der Waals surface area contributed by atoms with Crippen molar-refractivity contribution in [1.29, 1.82) is 0 Å². The number of imide groups is 1. The number of benzene rings is 2. The second-order valence-corrected chi connectivity index (χ2v) is 10.5. The van der Waals surface area contributed by atoms with Crippen molar-refractivity contribution in [1.82, 2.24) is 4.90 Å². The van der Waals surface area contributed by atoms with Crippen LogP contribution in [0.2, 0.25) is 0 Å². The topological polar surface area (TPSA) is 63.7 Å². The van der Waals surface area contributed by atoms with Crippen LogP contribution in [0.1, 0.15) is 61.8 Å². The fourth-order valence-electron chi connectivity index (χ4n) is 6.32. The van der Waals surface area contributed by atoms with Crippen LogP contribution in [0.15, 0.2) is 59.7 Å². The Balaban J connectivity index is 1.33. The van der Waals surface area contributed by atoms with E-state index in [9.17, 15) is 14.4 Å². The number of esters is 1. The van der Waals surface area contributed by atoms with Crippen LogP contribution in [0.4, 0.5) is 0 Å². The van der Waals surface area contributed by atoms with E-state index in [1.807, 2.05) is 76.2 Å². The molecule has 5 aliphatic rings. The van der Waals surface area contributed by atoms with Crippen molar-refractivity contribution in [2.24, 2.45) is 16.7 Å². The van der Waals surface area contributed by atoms with Crippen LogP contribution in [0, 0.1) is 16.7 Å². The summed E-state index contributed by atoms with van der Waals surface area (Å²) in [4.78, 5) is 40.8. The van der Waals surface area contributed by atoms with E-state index in [2.05, 4.69) is 0 Å². The third-order valence-electron chi connectivity index (χ3n) is 8.65. The normalized spacial score (nSPS) is 26.1. The van der Waals surface area contributed by atoms with E-state index in [0.717, 1.165) is 27.2 Å². The van der Waals surface area contributed by atoms with E-state index in [0.29, 0.717) is 11.1 Å². The first-order valence-electron chi connectivity index (χ1n) is 11.1. The van der Waals surface area contributed by atoms with Crippen LogP contribution in [-0.4, -0.2) is 29.4 Å². The number of rotatable bonds is 3. The largest absolute Gasteiger partial charge is 0.443 e. The molecule has 4 aliphatic carbocycles. The van der Waals surface area contributed by atoms with E-state index in [1.54, 1.807) is 0 Å². The van der Waals surface area contributed by atoms with E-state index in [-0.39, 0.29) is 53.1 Å². The minimum atomic E-state index is -0.347. The number of hydrogen-bond donors (Lipinski definition) is 0. The van der Waals surface area contributed by atoms with E-state index in [4.69, 9.17) is 4.74 Å².